The minimum absolute atomic E-state index is 0.0267. The number of benzene rings is 3. The van der Waals surface area contributed by atoms with Crippen LogP contribution in [0.25, 0.3) is 0 Å². The van der Waals surface area contributed by atoms with Gasteiger partial charge in [-0.3, -0.25) is 14.5 Å². The normalized spacial score (nSPS) is 21.8. The van der Waals surface area contributed by atoms with Crippen molar-refractivity contribution in [2.45, 2.75) is 38.0 Å². The van der Waals surface area contributed by atoms with Crippen molar-refractivity contribution in [3.05, 3.63) is 130 Å². The number of ether oxygens (including phenoxy) is 2. The molecule has 2 aliphatic heterocycles. The highest BCUT2D eigenvalue weighted by molar-refractivity contribution is 6.13. The molecule has 2 aliphatic rings. The van der Waals surface area contributed by atoms with E-state index in [9.17, 15) is 24.3 Å². The van der Waals surface area contributed by atoms with E-state index >= 15 is 0 Å². The number of esters is 2. The number of Topliss-reactive ketones (excluding diaryl/α,β-unsaturated/α-hetero) is 1. The van der Waals surface area contributed by atoms with E-state index < -0.39 is 41.2 Å². The van der Waals surface area contributed by atoms with Crippen molar-refractivity contribution in [3.8, 4) is 0 Å². The Hall–Kier alpha value is -5.02. The third-order valence-electron chi connectivity index (χ3n) is 8.02. The van der Waals surface area contributed by atoms with Gasteiger partial charge in [0.15, 0.2) is 5.78 Å². The summed E-state index contributed by atoms with van der Waals surface area (Å²) < 4.78 is 10.2. The first kappa shape index (κ1) is 29.5. The van der Waals surface area contributed by atoms with Crippen LogP contribution in [0.2, 0.25) is 0 Å². The Morgan fingerprint density at radius 3 is 1.86 bits per heavy atom. The van der Waals surface area contributed by atoms with Gasteiger partial charge in [0.05, 0.1) is 31.8 Å². The maximum absolute atomic E-state index is 14.8. The summed E-state index contributed by atoms with van der Waals surface area (Å²) >= 11 is 0. The minimum Gasteiger partial charge on any atom is -0.466 e. The number of nitrogens with zero attached hydrogens (tertiary/aromatic N) is 2. The molecule has 0 aromatic heterocycles. The number of fused-ring (bicyclic) bond motifs is 1. The molecule has 1 amide bonds. The molecule has 0 radical (unpaired) electrons. The highest BCUT2D eigenvalue weighted by Gasteiger charge is 2.64. The SMILES string of the molecule is COC(=O)C1=C(C)N(Cc2ccccc2)C2=C(C(C)=O)[C@H](c3ccccc3)[C@@](O)(C(=O)OC)C(=O)N2[C@@H]1c1ccccc1. The third kappa shape index (κ3) is 4.81. The van der Waals surface area contributed by atoms with Gasteiger partial charge >= 0.3 is 11.9 Å². The zero-order valence-corrected chi connectivity index (χ0v) is 24.3. The zero-order chi connectivity index (χ0) is 30.9. The summed E-state index contributed by atoms with van der Waals surface area (Å²) in [7, 11) is 2.31. The number of allylic oxidation sites excluding steroid dienone is 1. The van der Waals surface area contributed by atoms with Gasteiger partial charge in [0.25, 0.3) is 11.5 Å². The Morgan fingerprint density at radius 1 is 0.814 bits per heavy atom. The fraction of sp³-hybridized carbons (Fsp3) is 0.235. The largest absolute Gasteiger partial charge is 0.466 e. The van der Waals surface area contributed by atoms with Crippen molar-refractivity contribution in [1.82, 2.24) is 9.80 Å². The molecule has 43 heavy (non-hydrogen) atoms. The molecule has 0 aliphatic carbocycles. The lowest BCUT2D eigenvalue weighted by atomic mass is 9.71. The molecule has 0 saturated carbocycles. The van der Waals surface area contributed by atoms with Crippen molar-refractivity contribution in [3.63, 3.8) is 0 Å². The number of methoxy groups -OCH3 is 2. The molecule has 3 aromatic carbocycles. The molecule has 5 rings (SSSR count). The van der Waals surface area contributed by atoms with E-state index in [0.29, 0.717) is 16.8 Å². The number of ketones is 1. The van der Waals surface area contributed by atoms with Crippen LogP contribution in [0.3, 0.4) is 0 Å². The molecule has 0 bridgehead atoms. The quantitative estimate of drug-likeness (QED) is 0.329. The summed E-state index contributed by atoms with van der Waals surface area (Å²) in [5.41, 5.74) is -0.514. The van der Waals surface area contributed by atoms with Crippen LogP contribution in [-0.2, 0) is 35.2 Å². The van der Waals surface area contributed by atoms with E-state index in [1.807, 2.05) is 30.3 Å². The number of rotatable bonds is 7. The molecule has 9 heteroatoms. The average Bonchev–Trinajstić information content (AvgIpc) is 3.03. The van der Waals surface area contributed by atoms with Gasteiger partial charge in [-0.25, -0.2) is 9.59 Å². The second kappa shape index (κ2) is 11.7. The minimum atomic E-state index is -2.83. The third-order valence-corrected chi connectivity index (χ3v) is 8.02. The predicted molar refractivity (Wildman–Crippen MR) is 157 cm³/mol. The van der Waals surface area contributed by atoms with Crippen LogP contribution in [0.15, 0.2) is 114 Å². The lowest BCUT2D eigenvalue weighted by Gasteiger charge is -2.52. The van der Waals surface area contributed by atoms with Crippen LogP contribution in [0.5, 0.6) is 0 Å². The highest BCUT2D eigenvalue weighted by atomic mass is 16.5. The Balaban J connectivity index is 1.95. The van der Waals surface area contributed by atoms with Gasteiger partial charge in [-0.05, 0) is 30.5 Å². The van der Waals surface area contributed by atoms with Gasteiger partial charge in [-0.1, -0.05) is 91.0 Å². The fourth-order valence-electron chi connectivity index (χ4n) is 6.07. The van der Waals surface area contributed by atoms with E-state index in [0.717, 1.165) is 12.7 Å². The fourth-order valence-corrected chi connectivity index (χ4v) is 6.07. The van der Waals surface area contributed by atoms with Crippen molar-refractivity contribution in [1.29, 1.82) is 0 Å². The number of hydrogen-bond acceptors (Lipinski definition) is 8. The molecule has 2 heterocycles. The van der Waals surface area contributed by atoms with Gasteiger partial charge in [-0.2, -0.15) is 0 Å². The number of hydrogen-bond donors (Lipinski definition) is 1. The van der Waals surface area contributed by atoms with Crippen molar-refractivity contribution >= 4 is 23.6 Å². The van der Waals surface area contributed by atoms with Crippen LogP contribution in [0, 0.1) is 0 Å². The second-order valence-corrected chi connectivity index (χ2v) is 10.4. The maximum Gasteiger partial charge on any atom is 0.348 e. The molecule has 3 atom stereocenters. The monoisotopic (exact) mass is 580 g/mol. The summed E-state index contributed by atoms with van der Waals surface area (Å²) in [4.78, 5) is 58.5. The topological polar surface area (TPSA) is 113 Å². The summed E-state index contributed by atoms with van der Waals surface area (Å²) in [6.07, 6.45) is 0. The molecule has 0 fully saturated rings. The molecular formula is C34H32N2O7. The first-order chi connectivity index (χ1) is 20.7. The number of amides is 1. The highest BCUT2D eigenvalue weighted by Crippen LogP contribution is 2.52. The standard InChI is InChI=1S/C34H32N2O7/c1-21-26(31(38)42-3)29(25-18-12-7-13-19-25)36-30(35(21)20-23-14-8-5-9-15-23)27(22(2)37)28(24-16-10-6-11-17-24)34(41,32(36)39)33(40)43-4/h5-19,28-29,41H,20H2,1-4H3/t28-,29+,34-/m0/s1. The van der Waals surface area contributed by atoms with Gasteiger partial charge in [0.2, 0.25) is 0 Å². The Kier molecular flexibility index (Phi) is 8.02. The molecule has 0 spiro atoms. The van der Waals surface area contributed by atoms with Gasteiger partial charge in [0, 0.05) is 17.8 Å². The Bertz CT molecular complexity index is 1630. The van der Waals surface area contributed by atoms with Crippen LogP contribution in [0.4, 0.5) is 0 Å². The molecular weight excluding hydrogens is 548 g/mol. The van der Waals surface area contributed by atoms with Gasteiger partial charge in [-0.15, -0.1) is 0 Å². The Morgan fingerprint density at radius 2 is 1.35 bits per heavy atom. The molecule has 0 unspecified atom stereocenters. The van der Waals surface area contributed by atoms with Gasteiger partial charge < -0.3 is 19.5 Å². The van der Waals surface area contributed by atoms with Crippen LogP contribution < -0.4 is 0 Å². The van der Waals surface area contributed by atoms with E-state index in [4.69, 9.17) is 9.47 Å². The van der Waals surface area contributed by atoms with Gasteiger partial charge in [0.1, 0.15) is 5.82 Å². The summed E-state index contributed by atoms with van der Waals surface area (Å²) in [6.45, 7) is 3.23. The summed E-state index contributed by atoms with van der Waals surface area (Å²) in [6, 6.07) is 25.4. The van der Waals surface area contributed by atoms with Crippen molar-refractivity contribution in [2.75, 3.05) is 14.2 Å². The van der Waals surface area contributed by atoms with Crippen molar-refractivity contribution in [2.24, 2.45) is 0 Å². The van der Waals surface area contributed by atoms with E-state index in [-0.39, 0.29) is 23.5 Å². The first-order valence-electron chi connectivity index (χ1n) is 13.8. The van der Waals surface area contributed by atoms with Crippen LogP contribution in [0.1, 0.15) is 42.5 Å². The average molecular weight is 581 g/mol. The van der Waals surface area contributed by atoms with Crippen LogP contribution in [-0.4, -0.2) is 58.4 Å². The molecule has 3 aromatic rings. The molecule has 9 nitrogen and oxygen atoms in total. The molecule has 0 saturated heterocycles. The smallest absolute Gasteiger partial charge is 0.348 e. The lowest BCUT2D eigenvalue weighted by molar-refractivity contribution is -0.179. The van der Waals surface area contributed by atoms with E-state index in [2.05, 4.69) is 0 Å². The number of carbonyl (C=O) groups is 4. The zero-order valence-electron chi connectivity index (χ0n) is 24.3. The Labute approximate surface area is 249 Å². The predicted octanol–water partition coefficient (Wildman–Crippen LogP) is 4.02. The second-order valence-electron chi connectivity index (χ2n) is 10.4. The van der Waals surface area contributed by atoms with Crippen molar-refractivity contribution < 1.29 is 33.8 Å². The number of aliphatic hydroxyl groups is 1. The maximum atomic E-state index is 14.8. The molecule has 220 valence electrons. The first-order valence-corrected chi connectivity index (χ1v) is 13.8. The van der Waals surface area contributed by atoms with Crippen LogP contribution >= 0.6 is 0 Å². The van der Waals surface area contributed by atoms with E-state index in [1.165, 1.54) is 18.9 Å². The molecule has 1 N–H and O–H groups in total. The lowest BCUT2D eigenvalue weighted by Crippen LogP contribution is -2.65. The summed E-state index contributed by atoms with van der Waals surface area (Å²) in [5, 5.41) is 12.3. The summed E-state index contributed by atoms with van der Waals surface area (Å²) in [5.74, 6) is -4.66. The van der Waals surface area contributed by atoms with E-state index in [1.54, 1.807) is 72.5 Å². The number of carbonyl (C=O) groups excluding carboxylic acids is 4.